The Labute approximate surface area is 231 Å². The highest BCUT2D eigenvalue weighted by Gasteiger charge is 2.34. The molecule has 0 radical (unpaired) electrons. The van der Waals surface area contributed by atoms with Crippen LogP contribution < -0.4 is 10.6 Å². The van der Waals surface area contributed by atoms with Gasteiger partial charge in [0, 0.05) is 38.3 Å². The van der Waals surface area contributed by atoms with Crippen LogP contribution in [0, 0.1) is 11.3 Å². The molecule has 1 saturated heterocycles. The summed E-state index contributed by atoms with van der Waals surface area (Å²) in [4.78, 5) is 44.0. The molecule has 1 rings (SSSR count). The first-order chi connectivity index (χ1) is 17.9. The largest absolute Gasteiger partial charge is 0.352 e. The summed E-state index contributed by atoms with van der Waals surface area (Å²) in [5.41, 5.74) is 0.525. The molecule has 0 aromatic rings. The zero-order valence-corrected chi connectivity index (χ0v) is 25.2. The number of hydrogen-bond acceptors (Lipinski definition) is 5. The van der Waals surface area contributed by atoms with Gasteiger partial charge in [0.05, 0.1) is 12.4 Å². The summed E-state index contributed by atoms with van der Waals surface area (Å²) in [6.07, 6.45) is 9.33. The molecule has 1 heterocycles. The summed E-state index contributed by atoms with van der Waals surface area (Å²) >= 11 is 0. The molecule has 218 valence electrons. The van der Waals surface area contributed by atoms with Gasteiger partial charge in [0.1, 0.15) is 6.04 Å². The molecule has 3 N–H and O–H groups in total. The Balaban J connectivity index is 0.00000434. The molecule has 0 aromatic carbocycles. The van der Waals surface area contributed by atoms with E-state index in [1.165, 1.54) is 12.8 Å². The quantitative estimate of drug-likeness (QED) is 0.136. The first kappa shape index (κ1) is 35.3. The summed E-state index contributed by atoms with van der Waals surface area (Å²) in [7, 11) is 1.69. The third-order valence-corrected chi connectivity index (χ3v) is 6.43. The average Bonchev–Trinajstić information content (AvgIpc) is 2.89. The van der Waals surface area contributed by atoms with Gasteiger partial charge in [0.2, 0.25) is 17.7 Å². The molecule has 38 heavy (non-hydrogen) atoms. The minimum atomic E-state index is -0.618. The number of carbonyl (C=O) groups excluding carboxylic acids is 3. The van der Waals surface area contributed by atoms with Crippen LogP contribution in [0.4, 0.5) is 0 Å². The van der Waals surface area contributed by atoms with Crippen LogP contribution in [0.15, 0.2) is 24.4 Å². The van der Waals surface area contributed by atoms with Crippen LogP contribution in [0.2, 0.25) is 0 Å². The molecule has 0 saturated carbocycles. The summed E-state index contributed by atoms with van der Waals surface area (Å²) in [5, 5.41) is 13.1. The average molecular weight is 535 g/mol. The minimum absolute atomic E-state index is 0.0607. The molecule has 9 nitrogen and oxygen atoms in total. The molecule has 1 aliphatic heterocycles. The van der Waals surface area contributed by atoms with Crippen molar-refractivity contribution in [3.63, 3.8) is 0 Å². The highest BCUT2D eigenvalue weighted by Crippen LogP contribution is 2.20. The third-order valence-electron chi connectivity index (χ3n) is 6.43. The van der Waals surface area contributed by atoms with Crippen LogP contribution in [0.5, 0.6) is 0 Å². The van der Waals surface area contributed by atoms with Gasteiger partial charge in [-0.05, 0) is 58.7 Å². The van der Waals surface area contributed by atoms with Crippen LogP contribution >= 0.6 is 0 Å². The monoisotopic (exact) mass is 534 g/mol. The van der Waals surface area contributed by atoms with E-state index in [2.05, 4.69) is 49.8 Å². The van der Waals surface area contributed by atoms with Crippen LogP contribution in [-0.4, -0.2) is 90.1 Å². The van der Waals surface area contributed by atoms with Crippen molar-refractivity contribution in [3.05, 3.63) is 24.4 Å². The predicted octanol–water partition coefficient (Wildman–Crippen LogP) is 3.77. The number of likely N-dealkylation sites (tertiary alicyclic amines) is 1. The molecule has 1 aliphatic rings. The fourth-order valence-corrected chi connectivity index (χ4v) is 4.12. The van der Waals surface area contributed by atoms with Crippen molar-refractivity contribution in [1.29, 1.82) is 5.41 Å². The van der Waals surface area contributed by atoms with Crippen molar-refractivity contribution in [3.8, 4) is 0 Å². The van der Waals surface area contributed by atoms with Crippen molar-refractivity contribution in [1.82, 2.24) is 25.3 Å². The molecule has 2 unspecified atom stereocenters. The maximum Gasteiger partial charge on any atom is 0.246 e. The minimum Gasteiger partial charge on any atom is -0.352 e. The number of carbonyl (C=O) groups is 3. The van der Waals surface area contributed by atoms with Crippen molar-refractivity contribution in [2.45, 2.75) is 98.7 Å². The number of piperidine rings is 1. The standard InChI is InChI=1S/C26H46N6O3.C3H8/c1-8-31(18-27)15-11-14-28-24(33)21(6)13-17-30(7)26(35)23(19(2)3)29-25(34)22-12-9-10-16-32(22)20(4)5;1-3-2/h8,13,18-20,22-23,27H,1,9-12,14-17H2,2-7H3,(H,28,33)(H,29,34);3H2,1-2H3/b21-13+,27-18?;. The lowest BCUT2D eigenvalue weighted by atomic mass is 9.97. The number of nitrogens with one attached hydrogen (secondary N) is 3. The number of rotatable bonds is 14. The molecule has 2 atom stereocenters. The Bertz CT molecular complexity index is 772. The topological polar surface area (TPSA) is 109 Å². The summed E-state index contributed by atoms with van der Waals surface area (Å²) in [6.45, 7) is 19.9. The smallest absolute Gasteiger partial charge is 0.246 e. The number of hydrogen-bond donors (Lipinski definition) is 3. The molecule has 1 fully saturated rings. The maximum atomic E-state index is 13.2. The van der Waals surface area contributed by atoms with Crippen molar-refractivity contribution in [2.24, 2.45) is 5.92 Å². The molecule has 0 aromatic heterocycles. The van der Waals surface area contributed by atoms with Gasteiger partial charge in [-0.3, -0.25) is 24.7 Å². The van der Waals surface area contributed by atoms with Gasteiger partial charge in [-0.1, -0.05) is 53.2 Å². The van der Waals surface area contributed by atoms with E-state index in [1.807, 2.05) is 13.8 Å². The van der Waals surface area contributed by atoms with Gasteiger partial charge in [0.25, 0.3) is 0 Å². The van der Waals surface area contributed by atoms with Crippen molar-refractivity contribution >= 4 is 24.1 Å². The van der Waals surface area contributed by atoms with Crippen molar-refractivity contribution < 1.29 is 14.4 Å². The lowest BCUT2D eigenvalue weighted by Gasteiger charge is -2.38. The lowest BCUT2D eigenvalue weighted by Crippen LogP contribution is -2.57. The van der Waals surface area contributed by atoms with E-state index in [-0.39, 0.29) is 42.3 Å². The SMILES string of the molecule is C=CN(C=N)CCCNC(=O)/C(C)=C/CN(C)C(=O)C(NC(=O)C1CCCCN1C(C)C)C(C)C.CCC. The second-order valence-corrected chi connectivity index (χ2v) is 10.5. The molecule has 9 heteroatoms. The number of nitrogens with zero attached hydrogens (tertiary/aromatic N) is 3. The van der Waals surface area contributed by atoms with E-state index in [0.717, 1.165) is 25.8 Å². The van der Waals surface area contributed by atoms with E-state index in [9.17, 15) is 14.4 Å². The summed E-state index contributed by atoms with van der Waals surface area (Å²) in [6, 6.07) is -0.544. The molecule has 3 amide bonds. The highest BCUT2D eigenvalue weighted by molar-refractivity contribution is 5.93. The molecular formula is C29H54N6O3. The fraction of sp³-hybridized carbons (Fsp3) is 0.724. The highest BCUT2D eigenvalue weighted by atomic mass is 16.2. The molecule has 0 bridgehead atoms. The Morgan fingerprint density at radius 2 is 1.79 bits per heavy atom. The second-order valence-electron chi connectivity index (χ2n) is 10.5. The van der Waals surface area contributed by atoms with E-state index in [1.54, 1.807) is 36.0 Å². The van der Waals surface area contributed by atoms with Gasteiger partial charge in [-0.25, -0.2) is 0 Å². The first-order valence-corrected chi connectivity index (χ1v) is 14.1. The van der Waals surface area contributed by atoms with Crippen LogP contribution in [0.25, 0.3) is 0 Å². The molecule has 0 aliphatic carbocycles. The number of amides is 3. The van der Waals surface area contributed by atoms with E-state index < -0.39 is 6.04 Å². The Morgan fingerprint density at radius 3 is 2.32 bits per heavy atom. The van der Waals surface area contributed by atoms with E-state index in [4.69, 9.17) is 5.41 Å². The van der Waals surface area contributed by atoms with Gasteiger partial charge in [-0.2, -0.15) is 0 Å². The summed E-state index contributed by atoms with van der Waals surface area (Å²) < 4.78 is 0. The Kier molecular flexibility index (Phi) is 18.0. The fourth-order valence-electron chi connectivity index (χ4n) is 4.12. The Hall–Kier alpha value is -2.68. The van der Waals surface area contributed by atoms with Gasteiger partial charge < -0.3 is 20.4 Å². The van der Waals surface area contributed by atoms with E-state index in [0.29, 0.717) is 25.1 Å². The van der Waals surface area contributed by atoms with Crippen LogP contribution in [0.3, 0.4) is 0 Å². The van der Waals surface area contributed by atoms with Crippen molar-refractivity contribution in [2.75, 3.05) is 33.2 Å². The third kappa shape index (κ3) is 12.7. The van der Waals surface area contributed by atoms with Crippen LogP contribution in [0.1, 0.15) is 80.6 Å². The maximum absolute atomic E-state index is 13.2. The van der Waals surface area contributed by atoms with Gasteiger partial charge in [-0.15, -0.1) is 0 Å². The van der Waals surface area contributed by atoms with Gasteiger partial charge in [0.15, 0.2) is 0 Å². The second kappa shape index (κ2) is 19.4. The summed E-state index contributed by atoms with van der Waals surface area (Å²) in [5.74, 6) is -0.496. The first-order valence-electron chi connectivity index (χ1n) is 14.1. The van der Waals surface area contributed by atoms with E-state index >= 15 is 0 Å². The lowest BCUT2D eigenvalue weighted by molar-refractivity contribution is -0.138. The zero-order valence-electron chi connectivity index (χ0n) is 25.2. The molecule has 0 spiro atoms. The van der Waals surface area contributed by atoms with Gasteiger partial charge >= 0.3 is 0 Å². The van der Waals surface area contributed by atoms with Crippen LogP contribution in [-0.2, 0) is 14.4 Å². The normalized spacial score (nSPS) is 16.7. The number of likely N-dealkylation sites (N-methyl/N-ethyl adjacent to an activating group) is 1. The predicted molar refractivity (Wildman–Crippen MR) is 157 cm³/mol. The zero-order chi connectivity index (χ0) is 29.3. The Morgan fingerprint density at radius 1 is 1.16 bits per heavy atom. The molecular weight excluding hydrogens is 480 g/mol.